The van der Waals surface area contributed by atoms with Crippen LogP contribution >= 0.6 is 24.0 Å². The molecule has 0 amide bonds. The lowest BCUT2D eigenvalue weighted by Gasteiger charge is -2.37. The standard InChI is InChI=1S/C23H39N5O4.HI/c1-6-24-23(25-15-19-17-26(2)11-12-32-19)28-9-7-27(8-10-28)16-18-13-20(29-3)22(31-5)21(14-18)30-4;/h13-14,19H,6-12,15-17H2,1-5H3,(H,24,25);1H. The average Bonchev–Trinajstić information content (AvgIpc) is 2.81. The van der Waals surface area contributed by atoms with Crippen molar-refractivity contribution >= 4 is 29.9 Å². The second kappa shape index (κ2) is 14.0. The molecule has 0 saturated carbocycles. The Morgan fingerprint density at radius 2 is 1.73 bits per heavy atom. The number of morpholine rings is 1. The molecule has 0 aromatic heterocycles. The van der Waals surface area contributed by atoms with Crippen LogP contribution in [0, 0.1) is 0 Å². The van der Waals surface area contributed by atoms with Crippen LogP contribution in [-0.4, -0.2) is 114 Å². The third kappa shape index (κ3) is 7.76. The Balaban J connectivity index is 0.00000385. The molecule has 0 bridgehead atoms. The van der Waals surface area contributed by atoms with Gasteiger partial charge in [0.05, 0.1) is 40.6 Å². The highest BCUT2D eigenvalue weighted by Gasteiger charge is 2.22. The van der Waals surface area contributed by atoms with Crippen LogP contribution in [0.25, 0.3) is 0 Å². The van der Waals surface area contributed by atoms with E-state index in [0.29, 0.717) is 23.8 Å². The smallest absolute Gasteiger partial charge is 0.203 e. The molecule has 33 heavy (non-hydrogen) atoms. The van der Waals surface area contributed by atoms with Crippen molar-refractivity contribution in [3.05, 3.63) is 17.7 Å². The highest BCUT2D eigenvalue weighted by atomic mass is 127. The fourth-order valence-corrected chi connectivity index (χ4v) is 4.19. The SMILES string of the molecule is CCNC(=NCC1CN(C)CCO1)N1CCN(Cc2cc(OC)c(OC)c(OC)c2)CC1.I. The lowest BCUT2D eigenvalue weighted by Crippen LogP contribution is -2.52. The number of benzene rings is 1. The van der Waals surface area contributed by atoms with Gasteiger partial charge in [0.1, 0.15) is 0 Å². The second-order valence-electron chi connectivity index (χ2n) is 8.25. The van der Waals surface area contributed by atoms with Crippen LogP contribution in [0.15, 0.2) is 17.1 Å². The molecule has 2 aliphatic rings. The number of ether oxygens (including phenoxy) is 4. The van der Waals surface area contributed by atoms with Crippen LogP contribution in [-0.2, 0) is 11.3 Å². The number of methoxy groups -OCH3 is 3. The molecule has 2 heterocycles. The molecule has 1 unspecified atom stereocenters. The molecule has 2 saturated heterocycles. The summed E-state index contributed by atoms with van der Waals surface area (Å²) in [4.78, 5) is 12.0. The Morgan fingerprint density at radius 3 is 2.27 bits per heavy atom. The van der Waals surface area contributed by atoms with E-state index in [9.17, 15) is 0 Å². The highest BCUT2D eigenvalue weighted by molar-refractivity contribution is 14.0. The molecule has 1 aromatic carbocycles. The van der Waals surface area contributed by atoms with Gasteiger partial charge in [-0.2, -0.15) is 0 Å². The number of halogens is 1. The van der Waals surface area contributed by atoms with E-state index < -0.39 is 0 Å². The van der Waals surface area contributed by atoms with E-state index in [-0.39, 0.29) is 30.1 Å². The number of hydrogen-bond acceptors (Lipinski definition) is 7. The predicted molar refractivity (Wildman–Crippen MR) is 142 cm³/mol. The van der Waals surface area contributed by atoms with Gasteiger partial charge >= 0.3 is 0 Å². The molecular formula is C23H40IN5O4. The zero-order chi connectivity index (χ0) is 22.9. The lowest BCUT2D eigenvalue weighted by molar-refractivity contribution is -0.0137. The predicted octanol–water partition coefficient (Wildman–Crippen LogP) is 1.74. The van der Waals surface area contributed by atoms with Crippen LogP contribution in [0.5, 0.6) is 17.2 Å². The van der Waals surface area contributed by atoms with Crippen molar-refractivity contribution < 1.29 is 18.9 Å². The van der Waals surface area contributed by atoms with Gasteiger partial charge in [0, 0.05) is 52.4 Å². The Bertz CT molecular complexity index is 733. The monoisotopic (exact) mass is 577 g/mol. The molecule has 9 nitrogen and oxygen atoms in total. The van der Waals surface area contributed by atoms with Crippen molar-refractivity contribution in [2.75, 3.05) is 87.3 Å². The molecule has 0 spiro atoms. The lowest BCUT2D eigenvalue weighted by atomic mass is 10.1. The minimum Gasteiger partial charge on any atom is -0.493 e. The van der Waals surface area contributed by atoms with E-state index in [2.05, 4.69) is 34.0 Å². The number of nitrogens with one attached hydrogen (secondary N) is 1. The summed E-state index contributed by atoms with van der Waals surface area (Å²) in [6.07, 6.45) is 0.170. The second-order valence-corrected chi connectivity index (χ2v) is 8.25. The largest absolute Gasteiger partial charge is 0.493 e. The van der Waals surface area contributed by atoms with Gasteiger partial charge in [0.2, 0.25) is 5.75 Å². The quantitative estimate of drug-likeness (QED) is 0.285. The number of piperazine rings is 1. The zero-order valence-corrected chi connectivity index (χ0v) is 23.0. The molecule has 3 rings (SSSR count). The summed E-state index contributed by atoms with van der Waals surface area (Å²) in [6, 6.07) is 4.06. The van der Waals surface area contributed by atoms with E-state index in [1.165, 1.54) is 0 Å². The summed E-state index contributed by atoms with van der Waals surface area (Å²) in [5, 5.41) is 3.45. The van der Waals surface area contributed by atoms with Gasteiger partial charge in [-0.3, -0.25) is 9.89 Å². The van der Waals surface area contributed by atoms with Gasteiger partial charge in [0.15, 0.2) is 17.5 Å². The normalized spacial score (nSPS) is 20.2. The summed E-state index contributed by atoms with van der Waals surface area (Å²) >= 11 is 0. The van der Waals surface area contributed by atoms with E-state index >= 15 is 0 Å². The Hall–Kier alpha value is -1.50. The van der Waals surface area contributed by atoms with E-state index in [0.717, 1.165) is 70.5 Å². The Morgan fingerprint density at radius 1 is 1.06 bits per heavy atom. The molecular weight excluding hydrogens is 537 g/mol. The molecule has 1 atom stereocenters. The summed E-state index contributed by atoms with van der Waals surface area (Å²) in [5.74, 6) is 3.00. The topological polar surface area (TPSA) is 71.0 Å². The number of rotatable bonds is 8. The van der Waals surface area contributed by atoms with Crippen molar-refractivity contribution in [3.63, 3.8) is 0 Å². The summed E-state index contributed by atoms with van der Waals surface area (Å²) in [5.41, 5.74) is 1.15. The van der Waals surface area contributed by atoms with Gasteiger partial charge in [-0.05, 0) is 31.7 Å². The molecule has 10 heteroatoms. The first-order chi connectivity index (χ1) is 15.6. The molecule has 1 aromatic rings. The van der Waals surface area contributed by atoms with Crippen molar-refractivity contribution in [1.29, 1.82) is 0 Å². The van der Waals surface area contributed by atoms with Crippen molar-refractivity contribution in [2.45, 2.75) is 19.6 Å². The molecule has 2 aliphatic heterocycles. The number of guanidine groups is 1. The molecule has 0 aliphatic carbocycles. The van der Waals surface area contributed by atoms with Gasteiger partial charge in [0.25, 0.3) is 0 Å². The maximum Gasteiger partial charge on any atom is 0.203 e. The molecule has 0 radical (unpaired) electrons. The molecule has 188 valence electrons. The number of aliphatic imine (C=N–C) groups is 1. The van der Waals surface area contributed by atoms with Crippen molar-refractivity contribution in [2.24, 2.45) is 4.99 Å². The summed E-state index contributed by atoms with van der Waals surface area (Å²) in [7, 11) is 7.06. The number of nitrogens with zero attached hydrogens (tertiary/aromatic N) is 4. The third-order valence-electron chi connectivity index (χ3n) is 5.92. The Kier molecular flexibility index (Phi) is 11.8. The number of hydrogen-bond donors (Lipinski definition) is 1. The van der Waals surface area contributed by atoms with Crippen molar-refractivity contribution in [1.82, 2.24) is 20.0 Å². The minimum absolute atomic E-state index is 0. The fourth-order valence-electron chi connectivity index (χ4n) is 4.19. The van der Waals surface area contributed by atoms with Crippen LogP contribution in [0.1, 0.15) is 12.5 Å². The number of likely N-dealkylation sites (N-methyl/N-ethyl adjacent to an activating group) is 1. The first-order valence-corrected chi connectivity index (χ1v) is 11.4. The van der Waals surface area contributed by atoms with Crippen LogP contribution in [0.4, 0.5) is 0 Å². The van der Waals surface area contributed by atoms with E-state index in [1.807, 2.05) is 12.1 Å². The highest BCUT2D eigenvalue weighted by Crippen LogP contribution is 2.38. The van der Waals surface area contributed by atoms with Gasteiger partial charge in [-0.25, -0.2) is 0 Å². The third-order valence-corrected chi connectivity index (χ3v) is 5.92. The maximum absolute atomic E-state index is 5.87. The molecule has 2 fully saturated rings. The summed E-state index contributed by atoms with van der Waals surface area (Å²) < 4.78 is 22.3. The Labute approximate surface area is 215 Å². The van der Waals surface area contributed by atoms with Crippen molar-refractivity contribution in [3.8, 4) is 17.2 Å². The molecule has 1 N–H and O–H groups in total. The maximum atomic E-state index is 5.87. The van der Waals surface area contributed by atoms with Crippen LogP contribution in [0.3, 0.4) is 0 Å². The fraction of sp³-hybridized carbons (Fsp3) is 0.696. The van der Waals surface area contributed by atoms with Gasteiger partial charge in [-0.1, -0.05) is 0 Å². The first kappa shape index (κ1) is 27.7. The van der Waals surface area contributed by atoms with E-state index in [4.69, 9.17) is 23.9 Å². The van der Waals surface area contributed by atoms with Crippen LogP contribution < -0.4 is 19.5 Å². The van der Waals surface area contributed by atoms with Gasteiger partial charge in [-0.15, -0.1) is 24.0 Å². The van der Waals surface area contributed by atoms with E-state index in [1.54, 1.807) is 21.3 Å². The van der Waals surface area contributed by atoms with Gasteiger partial charge < -0.3 is 34.1 Å². The minimum atomic E-state index is 0. The first-order valence-electron chi connectivity index (χ1n) is 11.4. The summed E-state index contributed by atoms with van der Waals surface area (Å²) in [6.45, 7) is 11.0. The average molecular weight is 578 g/mol. The zero-order valence-electron chi connectivity index (χ0n) is 20.6. The van der Waals surface area contributed by atoms with Crippen LogP contribution in [0.2, 0.25) is 0 Å².